The van der Waals surface area contributed by atoms with Crippen LogP contribution < -0.4 is 0 Å². The zero-order valence-corrected chi connectivity index (χ0v) is 6.08. The van der Waals surface area contributed by atoms with Gasteiger partial charge in [-0.05, 0) is 12.8 Å². The van der Waals surface area contributed by atoms with Crippen molar-refractivity contribution in [2.75, 3.05) is 13.1 Å². The van der Waals surface area contributed by atoms with E-state index >= 15 is 0 Å². The molecule has 1 heterocycles. The van der Waals surface area contributed by atoms with E-state index in [1.54, 1.807) is 0 Å². The first-order chi connectivity index (χ1) is 5.57. The molecule has 0 spiro atoms. The molecule has 0 unspecified atom stereocenters. The Kier molecular flexibility index (Phi) is 1.91. The van der Waals surface area contributed by atoms with Crippen LogP contribution in [0.4, 0.5) is 4.79 Å². The number of carboxylic acid groups (broad SMARTS) is 1. The third-order valence-electron chi connectivity index (χ3n) is 1.80. The highest BCUT2D eigenvalue weighted by Crippen LogP contribution is 2.15. The van der Waals surface area contributed by atoms with Gasteiger partial charge in [-0.15, -0.1) is 0 Å². The molecule has 1 aliphatic heterocycles. The van der Waals surface area contributed by atoms with Crippen LogP contribution >= 0.6 is 0 Å². The van der Waals surface area contributed by atoms with Gasteiger partial charge in [0, 0.05) is 20.4 Å². The van der Waals surface area contributed by atoms with Gasteiger partial charge in [0.05, 0.1) is 6.07 Å². The zero-order chi connectivity index (χ0) is 9.19. The molecule has 0 atom stereocenters. The van der Waals surface area contributed by atoms with E-state index in [1.807, 2.05) is 6.07 Å². The molecule has 11 heavy (non-hydrogen) atoms. The fraction of sp³-hybridized carbons (Fsp3) is 0.714. The third-order valence-corrected chi connectivity index (χ3v) is 1.80. The predicted octanol–water partition coefficient (Wildman–Crippen LogP) is 0.900. The molecular formula is C7H10N2O2. The number of nitrogens with zero attached hydrogens (tertiary/aromatic N) is 2. The van der Waals surface area contributed by atoms with E-state index in [0.29, 0.717) is 25.9 Å². The van der Waals surface area contributed by atoms with E-state index in [2.05, 4.69) is 0 Å². The lowest BCUT2D eigenvalue weighted by Gasteiger charge is -2.26. The number of hydrogen-bond acceptors (Lipinski definition) is 2. The largest absolute Gasteiger partial charge is 0.465 e. The molecule has 1 fully saturated rings. The van der Waals surface area contributed by atoms with E-state index in [9.17, 15) is 4.79 Å². The first-order valence-electron chi connectivity index (χ1n) is 3.96. The van der Waals surface area contributed by atoms with Crippen molar-refractivity contribution in [3.8, 4) is 6.07 Å². The Hall–Kier alpha value is -1.24. The summed E-state index contributed by atoms with van der Waals surface area (Å²) in [6.07, 6.45) is -0.332. The summed E-state index contributed by atoms with van der Waals surface area (Å²) in [5.41, 5.74) is 0. The maximum atomic E-state index is 10.4. The molecule has 0 bridgehead atoms. The van der Waals surface area contributed by atoms with Crippen LogP contribution in [0.1, 0.15) is 14.2 Å². The summed E-state index contributed by atoms with van der Waals surface area (Å²) in [4.78, 5) is 11.7. The van der Waals surface area contributed by atoms with Gasteiger partial charge in [0.2, 0.25) is 0 Å². The van der Waals surface area contributed by atoms with Crippen LogP contribution in [0.25, 0.3) is 0 Å². The smallest absolute Gasteiger partial charge is 0.407 e. The normalized spacial score (nSPS) is 23.5. The summed E-state index contributed by atoms with van der Waals surface area (Å²) in [5.74, 6) is -1.06. The van der Waals surface area contributed by atoms with Gasteiger partial charge in [0.25, 0.3) is 0 Å². The van der Waals surface area contributed by atoms with Crippen LogP contribution in [0, 0.1) is 17.2 Å². The minimum atomic E-state index is -1.06. The lowest BCUT2D eigenvalue weighted by Crippen LogP contribution is -2.37. The molecule has 0 aromatic heterocycles. The molecule has 0 aromatic rings. The summed E-state index contributed by atoms with van der Waals surface area (Å²) in [6, 6.07) is 1.89. The van der Waals surface area contributed by atoms with Gasteiger partial charge in [0.15, 0.2) is 0 Å². The highest BCUT2D eigenvalue weighted by molar-refractivity contribution is 5.65. The molecule has 1 saturated heterocycles. The second kappa shape index (κ2) is 3.24. The maximum absolute atomic E-state index is 10.4. The van der Waals surface area contributed by atoms with Crippen LogP contribution in [0.5, 0.6) is 0 Å². The molecular weight excluding hydrogens is 144 g/mol. The molecule has 0 aliphatic carbocycles. The summed E-state index contributed by atoms with van der Waals surface area (Å²) in [6.45, 7) is 0.596. The van der Waals surface area contributed by atoms with Crippen LogP contribution in [-0.4, -0.2) is 29.2 Å². The van der Waals surface area contributed by atoms with Crippen LogP contribution in [0.15, 0.2) is 0 Å². The standard InChI is InChI=1S/C7H10N2O2/c8-5-6-1-3-9(4-2-6)7(10)11/h6H,1-4H2,(H,10,11)/i6D. The topological polar surface area (TPSA) is 64.3 Å². The SMILES string of the molecule is [2H]C1(C#N)CCN(C(=O)O)CC1. The van der Waals surface area contributed by atoms with Crippen LogP contribution in [-0.2, 0) is 0 Å². The lowest BCUT2D eigenvalue weighted by molar-refractivity contribution is 0.130. The third kappa shape index (κ3) is 1.84. The number of likely N-dealkylation sites (tertiary alicyclic amines) is 1. The number of hydrogen-bond donors (Lipinski definition) is 1. The molecule has 0 radical (unpaired) electrons. The van der Waals surface area contributed by atoms with E-state index in [4.69, 9.17) is 11.7 Å². The fourth-order valence-electron chi connectivity index (χ4n) is 1.08. The minimum Gasteiger partial charge on any atom is -0.465 e. The summed E-state index contributed by atoms with van der Waals surface area (Å²) >= 11 is 0. The molecule has 1 aliphatic rings. The van der Waals surface area contributed by atoms with Crippen LogP contribution in [0.2, 0.25) is 0 Å². The quantitative estimate of drug-likeness (QED) is 0.565. The van der Waals surface area contributed by atoms with E-state index in [0.717, 1.165) is 0 Å². The molecule has 4 nitrogen and oxygen atoms in total. The first-order valence-corrected chi connectivity index (χ1v) is 3.46. The van der Waals surface area contributed by atoms with Gasteiger partial charge < -0.3 is 10.0 Å². The average Bonchev–Trinajstić information content (AvgIpc) is 2.05. The van der Waals surface area contributed by atoms with Gasteiger partial charge in [-0.2, -0.15) is 5.26 Å². The van der Waals surface area contributed by atoms with Crippen molar-refractivity contribution in [3.05, 3.63) is 0 Å². The highest BCUT2D eigenvalue weighted by atomic mass is 16.4. The van der Waals surface area contributed by atoms with Crippen molar-refractivity contribution in [1.29, 1.82) is 5.26 Å². The number of piperidine rings is 1. The maximum Gasteiger partial charge on any atom is 0.407 e. The molecule has 0 saturated carbocycles. The average molecular weight is 155 g/mol. The molecule has 1 amide bonds. The van der Waals surface area contributed by atoms with Crippen molar-refractivity contribution < 1.29 is 11.3 Å². The fourth-order valence-corrected chi connectivity index (χ4v) is 1.08. The molecule has 60 valence electrons. The van der Waals surface area contributed by atoms with E-state index in [1.165, 1.54) is 4.90 Å². The van der Waals surface area contributed by atoms with E-state index < -0.39 is 12.0 Å². The van der Waals surface area contributed by atoms with Crippen molar-refractivity contribution in [3.63, 3.8) is 0 Å². The number of rotatable bonds is 0. The molecule has 1 rings (SSSR count). The lowest BCUT2D eigenvalue weighted by atomic mass is 9.99. The Morgan fingerprint density at radius 1 is 1.73 bits per heavy atom. The van der Waals surface area contributed by atoms with Gasteiger partial charge in [-0.25, -0.2) is 4.79 Å². The Morgan fingerprint density at radius 2 is 2.27 bits per heavy atom. The summed E-state index contributed by atoms with van der Waals surface area (Å²) < 4.78 is 7.52. The molecule has 0 aromatic carbocycles. The number of carbonyl (C=O) groups is 1. The van der Waals surface area contributed by atoms with E-state index in [-0.39, 0.29) is 0 Å². The summed E-state index contributed by atoms with van der Waals surface area (Å²) in [7, 11) is 0. The van der Waals surface area contributed by atoms with Gasteiger partial charge in [0.1, 0.15) is 0 Å². The zero-order valence-electron chi connectivity index (χ0n) is 7.08. The van der Waals surface area contributed by atoms with Crippen molar-refractivity contribution >= 4 is 6.09 Å². The van der Waals surface area contributed by atoms with Gasteiger partial charge in [-0.3, -0.25) is 0 Å². The van der Waals surface area contributed by atoms with Gasteiger partial charge in [-0.1, -0.05) is 0 Å². The summed E-state index contributed by atoms with van der Waals surface area (Å²) in [5, 5.41) is 17.1. The Bertz CT molecular complexity index is 228. The Balaban J connectivity index is 2.51. The second-order valence-corrected chi connectivity index (χ2v) is 2.48. The van der Waals surface area contributed by atoms with Crippen molar-refractivity contribution in [2.24, 2.45) is 5.89 Å². The second-order valence-electron chi connectivity index (χ2n) is 2.48. The Morgan fingerprint density at radius 3 is 2.64 bits per heavy atom. The van der Waals surface area contributed by atoms with Crippen LogP contribution in [0.3, 0.4) is 0 Å². The monoisotopic (exact) mass is 155 g/mol. The molecule has 1 N–H and O–H groups in total. The molecule has 4 heteroatoms. The Labute approximate surface area is 66.4 Å². The van der Waals surface area contributed by atoms with Gasteiger partial charge >= 0.3 is 6.09 Å². The number of amides is 1. The van der Waals surface area contributed by atoms with Crippen molar-refractivity contribution in [1.82, 2.24) is 4.90 Å². The first kappa shape index (κ1) is 6.47. The van der Waals surface area contributed by atoms with Crippen molar-refractivity contribution in [2.45, 2.75) is 12.8 Å². The highest BCUT2D eigenvalue weighted by Gasteiger charge is 2.21. The minimum absolute atomic E-state index is 0.298. The number of nitriles is 1. The predicted molar refractivity (Wildman–Crippen MR) is 37.9 cm³/mol.